The van der Waals surface area contributed by atoms with Gasteiger partial charge in [-0.15, -0.1) is 0 Å². The van der Waals surface area contributed by atoms with Gasteiger partial charge in [-0.05, 0) is 43.3 Å². The second kappa shape index (κ2) is 8.75. The van der Waals surface area contributed by atoms with Crippen LogP contribution in [0.3, 0.4) is 0 Å². The smallest absolute Gasteiger partial charge is 0.282 e. The number of hydrogen-bond donors (Lipinski definition) is 3. The van der Waals surface area contributed by atoms with Gasteiger partial charge in [-0.3, -0.25) is 4.79 Å². The molecule has 9 heteroatoms. The van der Waals surface area contributed by atoms with Crippen LogP contribution in [0.25, 0.3) is 0 Å². The van der Waals surface area contributed by atoms with Crippen molar-refractivity contribution in [1.29, 1.82) is 0 Å². The van der Waals surface area contributed by atoms with Gasteiger partial charge in [0.15, 0.2) is 17.6 Å². The SMILES string of the molecule is C[C@H]([NH2+]CCOc1ccccc1F)C(=O)Nc1ccc(S(N)(=O)=O)cc1. The van der Waals surface area contributed by atoms with E-state index in [0.29, 0.717) is 12.2 Å². The van der Waals surface area contributed by atoms with Crippen molar-refractivity contribution in [2.45, 2.75) is 17.9 Å². The first kappa shape index (κ1) is 19.8. The molecule has 0 aliphatic carbocycles. The first-order chi connectivity index (χ1) is 12.3. The Balaban J connectivity index is 1.78. The highest BCUT2D eigenvalue weighted by Gasteiger charge is 2.16. The third-order valence-corrected chi connectivity index (χ3v) is 4.53. The maximum atomic E-state index is 13.4. The predicted octanol–water partition coefficient (Wildman–Crippen LogP) is 0.443. The van der Waals surface area contributed by atoms with E-state index >= 15 is 0 Å². The summed E-state index contributed by atoms with van der Waals surface area (Å²) in [5.74, 6) is -0.506. The summed E-state index contributed by atoms with van der Waals surface area (Å²) in [4.78, 5) is 12.1. The molecule has 2 aromatic carbocycles. The fourth-order valence-corrected chi connectivity index (χ4v) is 2.66. The minimum atomic E-state index is -3.76. The predicted molar refractivity (Wildman–Crippen MR) is 94.6 cm³/mol. The molecule has 0 saturated carbocycles. The zero-order valence-electron chi connectivity index (χ0n) is 14.2. The number of amides is 1. The molecule has 0 radical (unpaired) electrons. The number of sulfonamides is 1. The Morgan fingerprint density at radius 1 is 1.23 bits per heavy atom. The van der Waals surface area contributed by atoms with Crippen molar-refractivity contribution in [3.05, 3.63) is 54.3 Å². The molecule has 2 aromatic rings. The molecule has 0 saturated heterocycles. The fourth-order valence-electron chi connectivity index (χ4n) is 2.14. The van der Waals surface area contributed by atoms with Crippen LogP contribution in [0.5, 0.6) is 5.75 Å². The molecule has 140 valence electrons. The lowest BCUT2D eigenvalue weighted by Crippen LogP contribution is -2.92. The summed E-state index contributed by atoms with van der Waals surface area (Å²) in [5.41, 5.74) is 0.463. The molecule has 0 spiro atoms. The Bertz CT molecular complexity index is 857. The molecule has 5 N–H and O–H groups in total. The number of carbonyl (C=O) groups excluding carboxylic acids is 1. The van der Waals surface area contributed by atoms with E-state index in [-0.39, 0.29) is 23.2 Å². The number of ether oxygens (including phenoxy) is 1. The summed E-state index contributed by atoms with van der Waals surface area (Å²) in [5, 5.41) is 9.46. The normalized spacial score (nSPS) is 12.4. The number of carbonyl (C=O) groups is 1. The molecule has 26 heavy (non-hydrogen) atoms. The van der Waals surface area contributed by atoms with Crippen LogP contribution >= 0.6 is 0 Å². The summed E-state index contributed by atoms with van der Waals surface area (Å²) >= 11 is 0. The van der Waals surface area contributed by atoms with Crippen molar-refractivity contribution in [1.82, 2.24) is 0 Å². The van der Waals surface area contributed by atoms with E-state index in [1.54, 1.807) is 24.4 Å². The number of halogens is 1. The topological polar surface area (TPSA) is 115 Å². The molecule has 1 atom stereocenters. The second-order valence-corrected chi connectivity index (χ2v) is 7.21. The summed E-state index contributed by atoms with van der Waals surface area (Å²) < 4.78 is 41.1. The number of benzene rings is 2. The standard InChI is InChI=1S/C17H20FN3O4S/c1-12(20-10-11-25-16-5-3-2-4-15(16)18)17(22)21-13-6-8-14(9-7-13)26(19,23)24/h2-9,12,20H,10-11H2,1H3,(H,21,22)(H2,19,23,24)/p+1/t12-/m0/s1. The first-order valence-electron chi connectivity index (χ1n) is 7.92. The lowest BCUT2D eigenvalue weighted by Gasteiger charge is -2.12. The Hall–Kier alpha value is -2.49. The maximum absolute atomic E-state index is 13.4. The van der Waals surface area contributed by atoms with Crippen molar-refractivity contribution in [3.8, 4) is 5.75 Å². The largest absolute Gasteiger partial charge is 0.485 e. The van der Waals surface area contributed by atoms with E-state index in [4.69, 9.17) is 9.88 Å². The van der Waals surface area contributed by atoms with Gasteiger partial charge < -0.3 is 15.4 Å². The quantitative estimate of drug-likeness (QED) is 0.575. The molecule has 0 aromatic heterocycles. The average Bonchev–Trinajstić information content (AvgIpc) is 2.59. The summed E-state index contributed by atoms with van der Waals surface area (Å²) in [6.45, 7) is 2.44. The second-order valence-electron chi connectivity index (χ2n) is 5.65. The van der Waals surface area contributed by atoms with Gasteiger partial charge in [-0.1, -0.05) is 12.1 Å². The summed E-state index contributed by atoms with van der Waals surface area (Å²) in [6, 6.07) is 11.3. The van der Waals surface area contributed by atoms with Crippen LogP contribution in [0.2, 0.25) is 0 Å². The van der Waals surface area contributed by atoms with E-state index in [2.05, 4.69) is 5.32 Å². The minimum Gasteiger partial charge on any atom is -0.485 e. The van der Waals surface area contributed by atoms with Gasteiger partial charge >= 0.3 is 0 Å². The highest BCUT2D eigenvalue weighted by Crippen LogP contribution is 2.14. The molecule has 0 aliphatic heterocycles. The van der Waals surface area contributed by atoms with E-state index in [1.807, 2.05) is 0 Å². The molecule has 7 nitrogen and oxygen atoms in total. The van der Waals surface area contributed by atoms with E-state index < -0.39 is 21.9 Å². The van der Waals surface area contributed by atoms with Gasteiger partial charge in [-0.2, -0.15) is 0 Å². The lowest BCUT2D eigenvalue weighted by molar-refractivity contribution is -0.673. The van der Waals surface area contributed by atoms with Crippen molar-refractivity contribution >= 4 is 21.6 Å². The van der Waals surface area contributed by atoms with Crippen LogP contribution in [-0.4, -0.2) is 33.5 Å². The maximum Gasteiger partial charge on any atom is 0.282 e. The van der Waals surface area contributed by atoms with Gasteiger partial charge in [0.2, 0.25) is 10.0 Å². The summed E-state index contributed by atoms with van der Waals surface area (Å²) in [7, 11) is -3.76. The Labute approximate surface area is 151 Å². The number of primary sulfonamides is 1. The first-order valence-corrected chi connectivity index (χ1v) is 9.46. The number of quaternary nitrogens is 1. The number of nitrogens with two attached hydrogens (primary N) is 2. The van der Waals surface area contributed by atoms with Crippen LogP contribution in [0.4, 0.5) is 10.1 Å². The highest BCUT2D eigenvalue weighted by atomic mass is 32.2. The third kappa shape index (κ3) is 5.80. The van der Waals surface area contributed by atoms with E-state index in [0.717, 1.165) is 0 Å². The molecule has 0 aliphatic rings. The van der Waals surface area contributed by atoms with E-state index in [9.17, 15) is 17.6 Å². The number of rotatable bonds is 8. The molecular weight excluding hydrogens is 361 g/mol. The molecule has 0 unspecified atom stereocenters. The number of anilines is 1. The molecule has 1 amide bonds. The van der Waals surface area contributed by atoms with Gasteiger partial charge in [0, 0.05) is 5.69 Å². The molecule has 0 fully saturated rings. The number of hydrogen-bond acceptors (Lipinski definition) is 4. The van der Waals surface area contributed by atoms with Crippen LogP contribution < -0.4 is 20.5 Å². The lowest BCUT2D eigenvalue weighted by atomic mass is 10.2. The van der Waals surface area contributed by atoms with Crippen molar-refractivity contribution < 1.29 is 27.7 Å². The van der Waals surface area contributed by atoms with Crippen LogP contribution in [0, 0.1) is 5.82 Å². The molecule has 0 heterocycles. The molecular formula is C17H21FN3O4S+. The average molecular weight is 382 g/mol. The molecule has 2 rings (SSSR count). The Morgan fingerprint density at radius 2 is 1.88 bits per heavy atom. The highest BCUT2D eigenvalue weighted by molar-refractivity contribution is 7.89. The van der Waals surface area contributed by atoms with Crippen molar-refractivity contribution in [2.75, 3.05) is 18.5 Å². The molecule has 0 bridgehead atoms. The Morgan fingerprint density at radius 3 is 2.50 bits per heavy atom. The van der Waals surface area contributed by atoms with Gasteiger partial charge in [0.05, 0.1) is 4.90 Å². The van der Waals surface area contributed by atoms with Crippen LogP contribution in [0.1, 0.15) is 6.92 Å². The third-order valence-electron chi connectivity index (χ3n) is 3.60. The van der Waals surface area contributed by atoms with Crippen LogP contribution in [-0.2, 0) is 14.8 Å². The van der Waals surface area contributed by atoms with E-state index in [1.165, 1.54) is 36.4 Å². The van der Waals surface area contributed by atoms with Crippen LogP contribution in [0.15, 0.2) is 53.4 Å². The number of para-hydroxylation sites is 1. The van der Waals surface area contributed by atoms with Crippen molar-refractivity contribution in [3.63, 3.8) is 0 Å². The van der Waals surface area contributed by atoms with Gasteiger partial charge in [0.1, 0.15) is 13.2 Å². The van der Waals surface area contributed by atoms with Crippen molar-refractivity contribution in [2.24, 2.45) is 5.14 Å². The minimum absolute atomic E-state index is 0.0274. The Kier molecular flexibility index (Phi) is 6.67. The zero-order chi connectivity index (χ0) is 19.2. The van der Waals surface area contributed by atoms with Gasteiger partial charge in [0.25, 0.3) is 5.91 Å². The van der Waals surface area contributed by atoms with Gasteiger partial charge in [-0.25, -0.2) is 17.9 Å². The zero-order valence-corrected chi connectivity index (χ0v) is 15.0. The summed E-state index contributed by atoms with van der Waals surface area (Å²) in [6.07, 6.45) is 0. The monoisotopic (exact) mass is 382 g/mol. The number of nitrogens with one attached hydrogen (secondary N) is 1. The fraction of sp³-hybridized carbons (Fsp3) is 0.235.